The number of carbonyl (C=O) groups is 1. The van der Waals surface area contributed by atoms with Crippen LogP contribution in [0.3, 0.4) is 0 Å². The number of ether oxygens (including phenoxy) is 1. The zero-order valence-corrected chi connectivity index (χ0v) is 13.3. The Bertz CT molecular complexity index is 936. The second-order valence-corrected chi connectivity index (χ2v) is 6.43. The molecule has 7 nitrogen and oxygen atoms in total. The Labute approximate surface area is 141 Å². The molecular formula is C16H11N5O2S. The number of pyridine rings is 1. The predicted octanol–water partition coefficient (Wildman–Crippen LogP) is 1.76. The van der Waals surface area contributed by atoms with E-state index >= 15 is 0 Å². The van der Waals surface area contributed by atoms with E-state index in [2.05, 4.69) is 26.9 Å². The maximum atomic E-state index is 12.6. The van der Waals surface area contributed by atoms with E-state index in [4.69, 9.17) is 10.00 Å². The molecule has 2 aliphatic rings. The number of rotatable bonds is 2. The topological polar surface area (TPSA) is 99.4 Å². The molecule has 118 valence electrons. The number of carbonyl (C=O) groups excluding carboxylic acids is 1. The van der Waals surface area contributed by atoms with Gasteiger partial charge in [0.1, 0.15) is 5.04 Å². The Morgan fingerprint density at radius 1 is 1.33 bits per heavy atom. The number of anilines is 1. The summed E-state index contributed by atoms with van der Waals surface area (Å²) in [5.74, 6) is 0.261. The molecule has 0 aliphatic carbocycles. The highest BCUT2D eigenvalue weighted by atomic mass is 32.2. The fourth-order valence-electron chi connectivity index (χ4n) is 2.66. The van der Waals surface area contributed by atoms with Crippen molar-refractivity contribution in [3.63, 3.8) is 0 Å². The highest BCUT2D eigenvalue weighted by molar-refractivity contribution is 8.16. The Morgan fingerprint density at radius 3 is 3.00 bits per heavy atom. The van der Waals surface area contributed by atoms with Crippen molar-refractivity contribution in [2.24, 2.45) is 5.10 Å². The molecule has 2 aliphatic heterocycles. The van der Waals surface area contributed by atoms with Crippen LogP contribution < -0.4 is 15.5 Å². The highest BCUT2D eigenvalue weighted by Crippen LogP contribution is 2.48. The number of benzene rings is 1. The van der Waals surface area contributed by atoms with E-state index in [1.54, 1.807) is 43.6 Å². The molecule has 0 saturated heterocycles. The summed E-state index contributed by atoms with van der Waals surface area (Å²) < 4.78 is 5.13. The number of hydrogen-bond donors (Lipinski definition) is 2. The second kappa shape index (κ2) is 5.25. The SMILES string of the molecule is COc1cc(C2=NNC3(S2)C(=O)Nc2ccc(C#N)cc23)ccn1. The van der Waals surface area contributed by atoms with Gasteiger partial charge < -0.3 is 10.1 Å². The molecule has 1 aromatic heterocycles. The van der Waals surface area contributed by atoms with Gasteiger partial charge in [-0.1, -0.05) is 11.8 Å². The summed E-state index contributed by atoms with van der Waals surface area (Å²) in [5, 5.41) is 16.9. The number of aromatic nitrogens is 1. The minimum Gasteiger partial charge on any atom is -0.481 e. The second-order valence-electron chi connectivity index (χ2n) is 5.23. The molecule has 8 heteroatoms. The molecule has 4 rings (SSSR count). The Balaban J connectivity index is 1.73. The van der Waals surface area contributed by atoms with Gasteiger partial charge in [-0.25, -0.2) is 4.98 Å². The number of methoxy groups -OCH3 is 1. The molecule has 3 heterocycles. The van der Waals surface area contributed by atoms with Crippen molar-refractivity contribution in [1.29, 1.82) is 5.26 Å². The molecule has 0 saturated carbocycles. The third kappa shape index (κ3) is 2.02. The first-order valence-corrected chi connectivity index (χ1v) is 7.88. The Morgan fingerprint density at radius 2 is 2.21 bits per heavy atom. The van der Waals surface area contributed by atoms with E-state index in [0.29, 0.717) is 27.7 Å². The number of hydrogen-bond acceptors (Lipinski definition) is 7. The standard InChI is InChI=1S/C16H11N5O2S/c1-23-13-7-10(4-5-18-13)14-20-21-16(24-14)11-6-9(8-17)2-3-12(11)19-15(16)22/h2-7,21H,1H3,(H,19,22). The normalized spacial score (nSPS) is 20.8. The van der Waals surface area contributed by atoms with E-state index < -0.39 is 4.87 Å². The maximum absolute atomic E-state index is 12.6. The van der Waals surface area contributed by atoms with Gasteiger partial charge in [0.25, 0.3) is 5.91 Å². The van der Waals surface area contributed by atoms with Crippen molar-refractivity contribution in [2.75, 3.05) is 12.4 Å². The molecule has 24 heavy (non-hydrogen) atoms. The molecular weight excluding hydrogens is 326 g/mol. The first-order chi connectivity index (χ1) is 11.7. The van der Waals surface area contributed by atoms with Gasteiger partial charge in [0.2, 0.25) is 10.8 Å². The van der Waals surface area contributed by atoms with Gasteiger partial charge in [0.15, 0.2) is 0 Å². The van der Waals surface area contributed by atoms with Crippen LogP contribution in [0.5, 0.6) is 5.88 Å². The van der Waals surface area contributed by atoms with Gasteiger partial charge in [-0.2, -0.15) is 10.4 Å². The number of fused-ring (bicyclic) bond motifs is 2. The molecule has 1 atom stereocenters. The zero-order valence-electron chi connectivity index (χ0n) is 12.5. The average Bonchev–Trinajstić information content (AvgIpc) is 3.18. The van der Waals surface area contributed by atoms with E-state index in [1.165, 1.54) is 11.8 Å². The van der Waals surface area contributed by atoms with Crippen molar-refractivity contribution < 1.29 is 9.53 Å². The lowest BCUT2D eigenvalue weighted by Gasteiger charge is -2.19. The van der Waals surface area contributed by atoms with E-state index in [0.717, 1.165) is 5.56 Å². The summed E-state index contributed by atoms with van der Waals surface area (Å²) in [6.45, 7) is 0. The maximum Gasteiger partial charge on any atom is 0.267 e. The van der Waals surface area contributed by atoms with E-state index in [9.17, 15) is 4.79 Å². The van der Waals surface area contributed by atoms with Crippen LogP contribution in [0.4, 0.5) is 5.69 Å². The van der Waals surface area contributed by atoms with Crippen molar-refractivity contribution in [1.82, 2.24) is 10.4 Å². The minimum atomic E-state index is -1.06. The lowest BCUT2D eigenvalue weighted by Crippen LogP contribution is -2.39. The van der Waals surface area contributed by atoms with E-state index in [-0.39, 0.29) is 5.91 Å². The number of nitrogens with one attached hydrogen (secondary N) is 2. The zero-order chi connectivity index (χ0) is 16.7. The first-order valence-electron chi connectivity index (χ1n) is 7.06. The lowest BCUT2D eigenvalue weighted by atomic mass is 10.1. The molecule has 0 radical (unpaired) electrons. The smallest absolute Gasteiger partial charge is 0.267 e. The summed E-state index contributed by atoms with van der Waals surface area (Å²) >= 11 is 1.30. The number of amides is 1. The first kappa shape index (κ1) is 14.5. The number of nitrogens with zero attached hydrogens (tertiary/aromatic N) is 3. The molecule has 1 aromatic carbocycles. The van der Waals surface area contributed by atoms with Crippen molar-refractivity contribution in [3.05, 3.63) is 53.2 Å². The quantitative estimate of drug-likeness (QED) is 0.866. The van der Waals surface area contributed by atoms with Gasteiger partial charge >= 0.3 is 0 Å². The van der Waals surface area contributed by atoms with Crippen LogP contribution >= 0.6 is 11.8 Å². The Kier molecular flexibility index (Phi) is 3.18. The third-order valence-corrected chi connectivity index (χ3v) is 5.17. The predicted molar refractivity (Wildman–Crippen MR) is 89.5 cm³/mol. The lowest BCUT2D eigenvalue weighted by molar-refractivity contribution is -0.118. The summed E-state index contributed by atoms with van der Waals surface area (Å²) in [6, 6.07) is 10.8. The van der Waals surface area contributed by atoms with Gasteiger partial charge in [-0.15, -0.1) is 0 Å². The van der Waals surface area contributed by atoms with Crippen LogP contribution in [0, 0.1) is 11.3 Å². The van der Waals surface area contributed by atoms with Gasteiger partial charge in [0, 0.05) is 29.1 Å². The molecule has 2 aromatic rings. The summed E-state index contributed by atoms with van der Waals surface area (Å²) in [6.07, 6.45) is 1.62. The van der Waals surface area contributed by atoms with Crippen LogP contribution in [0.15, 0.2) is 41.6 Å². The highest BCUT2D eigenvalue weighted by Gasteiger charge is 2.52. The van der Waals surface area contributed by atoms with Gasteiger partial charge in [-0.3, -0.25) is 10.2 Å². The summed E-state index contributed by atoms with van der Waals surface area (Å²) in [5.41, 5.74) is 5.62. The number of hydrazone groups is 1. The summed E-state index contributed by atoms with van der Waals surface area (Å²) in [4.78, 5) is 15.6. The number of nitriles is 1. The molecule has 1 unspecified atom stereocenters. The van der Waals surface area contributed by atoms with Crippen molar-refractivity contribution in [3.8, 4) is 11.9 Å². The fourth-order valence-corrected chi connectivity index (χ4v) is 3.80. The molecule has 2 N–H and O–H groups in total. The largest absolute Gasteiger partial charge is 0.481 e. The van der Waals surface area contributed by atoms with Gasteiger partial charge in [-0.05, 0) is 24.3 Å². The fraction of sp³-hybridized carbons (Fsp3) is 0.125. The monoisotopic (exact) mass is 337 g/mol. The van der Waals surface area contributed by atoms with Crippen molar-refractivity contribution in [2.45, 2.75) is 4.87 Å². The van der Waals surface area contributed by atoms with E-state index in [1.807, 2.05) is 0 Å². The summed E-state index contributed by atoms with van der Waals surface area (Å²) in [7, 11) is 1.54. The third-order valence-electron chi connectivity index (χ3n) is 3.85. The average molecular weight is 337 g/mol. The minimum absolute atomic E-state index is 0.211. The molecule has 0 fully saturated rings. The van der Waals surface area contributed by atoms with Gasteiger partial charge in [0.05, 0.1) is 18.7 Å². The molecule has 1 amide bonds. The van der Waals surface area contributed by atoms with Crippen LogP contribution in [-0.4, -0.2) is 23.0 Å². The van der Waals surface area contributed by atoms with Crippen molar-refractivity contribution >= 4 is 28.4 Å². The van der Waals surface area contributed by atoms with Crippen LogP contribution in [0.25, 0.3) is 0 Å². The Hall–Kier alpha value is -3.05. The van der Waals surface area contributed by atoms with Crippen LogP contribution in [-0.2, 0) is 9.67 Å². The van der Waals surface area contributed by atoms with Crippen LogP contribution in [0.2, 0.25) is 0 Å². The number of thioether (sulfide) groups is 1. The molecule has 1 spiro atoms. The van der Waals surface area contributed by atoms with Crippen LogP contribution in [0.1, 0.15) is 16.7 Å². The molecule has 0 bridgehead atoms.